The molecule has 0 unspecified atom stereocenters. The highest BCUT2D eigenvalue weighted by Gasteiger charge is 2.25. The lowest BCUT2D eigenvalue weighted by molar-refractivity contribution is -0.727. The predicted molar refractivity (Wildman–Crippen MR) is 159 cm³/mol. The summed E-state index contributed by atoms with van der Waals surface area (Å²) in [4.78, 5) is 16.6. The minimum absolute atomic E-state index is 0.00415. The summed E-state index contributed by atoms with van der Waals surface area (Å²) in [6, 6.07) is 10.9. The smallest absolute Gasteiger partial charge is 0.494 e. The van der Waals surface area contributed by atoms with E-state index in [2.05, 4.69) is 15.6 Å². The van der Waals surface area contributed by atoms with E-state index in [1.54, 1.807) is 29.1 Å². The highest BCUT2D eigenvalue weighted by molar-refractivity contribution is 6.30. The molecule has 0 fully saturated rings. The monoisotopic (exact) mass is 588 g/mol. The van der Waals surface area contributed by atoms with Crippen molar-refractivity contribution in [2.24, 2.45) is 4.99 Å². The van der Waals surface area contributed by atoms with Crippen LogP contribution in [0.1, 0.15) is 66.7 Å². The van der Waals surface area contributed by atoms with Crippen molar-refractivity contribution in [1.29, 1.82) is 5.26 Å². The maximum absolute atomic E-state index is 12.2. The van der Waals surface area contributed by atoms with Crippen LogP contribution in [0, 0.1) is 11.5 Å². The van der Waals surface area contributed by atoms with Crippen LogP contribution in [-0.2, 0) is 20.9 Å². The first-order chi connectivity index (χ1) is 19.5. The van der Waals surface area contributed by atoms with Crippen molar-refractivity contribution in [1.82, 2.24) is 5.32 Å². The molecule has 2 rings (SSSR count). The number of carbonyl (C=O) groups excluding carboxylic acids is 1. The van der Waals surface area contributed by atoms with Crippen molar-refractivity contribution in [2.45, 2.75) is 84.7 Å². The zero-order valence-corrected chi connectivity index (χ0v) is 25.5. The largest absolute Gasteiger partial charge is 0.513 e. The van der Waals surface area contributed by atoms with Gasteiger partial charge in [0.2, 0.25) is 5.96 Å². The van der Waals surface area contributed by atoms with Gasteiger partial charge < -0.3 is 24.3 Å². The molecule has 2 aromatic rings. The molecule has 0 aliphatic heterocycles. The van der Waals surface area contributed by atoms with Crippen LogP contribution in [0.25, 0.3) is 0 Å². The lowest BCUT2D eigenvalue weighted by atomic mass is 10.1. The molecule has 0 aliphatic rings. The fraction of sp³-hybridized carbons (Fsp3) is 0.533. The molecule has 0 saturated heterocycles. The number of aliphatic imine (C=N–C) groups is 1. The van der Waals surface area contributed by atoms with Gasteiger partial charge in [0.15, 0.2) is 18.6 Å². The molecule has 11 heteroatoms. The number of hydrogen-bond donors (Lipinski definition) is 2. The normalized spacial score (nSPS) is 11.9. The maximum atomic E-state index is 12.2. The Hall–Kier alpha value is -3.55. The number of benzene rings is 1. The summed E-state index contributed by atoms with van der Waals surface area (Å²) in [7, 11) is 0. The Morgan fingerprint density at radius 1 is 1.00 bits per heavy atom. The van der Waals surface area contributed by atoms with Crippen molar-refractivity contribution in [3.05, 3.63) is 53.8 Å². The van der Waals surface area contributed by atoms with Gasteiger partial charge in [-0.05, 0) is 78.1 Å². The first-order valence-corrected chi connectivity index (χ1v) is 14.2. The van der Waals surface area contributed by atoms with E-state index in [1.807, 2.05) is 65.1 Å². The molecule has 0 radical (unpaired) electrons. The summed E-state index contributed by atoms with van der Waals surface area (Å²) in [6.07, 6.45) is 9.06. The lowest BCUT2D eigenvalue weighted by Gasteiger charge is -2.26. The number of hydrogen-bond acceptors (Lipinski definition) is 7. The second kappa shape index (κ2) is 17.3. The average Bonchev–Trinajstić information content (AvgIpc) is 2.89. The minimum Gasteiger partial charge on any atom is -0.494 e. The Morgan fingerprint density at radius 2 is 1.68 bits per heavy atom. The Bertz CT molecular complexity index is 1130. The molecule has 1 aromatic heterocycles. The van der Waals surface area contributed by atoms with E-state index in [1.165, 1.54) is 0 Å². The van der Waals surface area contributed by atoms with Gasteiger partial charge in [0.1, 0.15) is 11.4 Å². The van der Waals surface area contributed by atoms with Gasteiger partial charge in [0.05, 0.1) is 24.5 Å². The molecule has 1 aromatic carbocycles. The number of rotatable bonds is 15. The highest BCUT2D eigenvalue weighted by Crippen LogP contribution is 2.18. The number of nitrogens with one attached hydrogen (secondary N) is 2. The van der Waals surface area contributed by atoms with Gasteiger partial charge in [0.25, 0.3) is 6.73 Å². The number of nitriles is 1. The van der Waals surface area contributed by atoms with Crippen LogP contribution >= 0.6 is 11.6 Å². The van der Waals surface area contributed by atoms with Crippen LogP contribution in [0.3, 0.4) is 0 Å². The number of anilines is 1. The van der Waals surface area contributed by atoms with E-state index in [0.717, 1.165) is 37.1 Å². The van der Waals surface area contributed by atoms with Gasteiger partial charge in [-0.3, -0.25) is 10.3 Å². The molecule has 0 aliphatic carbocycles. The summed E-state index contributed by atoms with van der Waals surface area (Å²) in [5.74, 6) is 1.19. The van der Waals surface area contributed by atoms with Crippen molar-refractivity contribution >= 4 is 29.4 Å². The third-order valence-electron chi connectivity index (χ3n) is 5.66. The van der Waals surface area contributed by atoms with Crippen LogP contribution in [-0.4, -0.2) is 43.1 Å². The number of aromatic nitrogens is 1. The van der Waals surface area contributed by atoms with Gasteiger partial charge >= 0.3 is 6.16 Å². The molecule has 0 saturated carbocycles. The quantitative estimate of drug-likeness (QED) is 0.0480. The van der Waals surface area contributed by atoms with E-state index in [4.69, 9.17) is 35.8 Å². The Labute approximate surface area is 248 Å². The fourth-order valence-corrected chi connectivity index (χ4v) is 3.57. The second-order valence-electron chi connectivity index (χ2n) is 11.0. The van der Waals surface area contributed by atoms with Crippen LogP contribution in [0.5, 0.6) is 5.75 Å². The molecule has 0 amide bonds. The molecule has 0 spiro atoms. The summed E-state index contributed by atoms with van der Waals surface area (Å²) in [5, 5.41) is 15.4. The number of nitrogens with zero attached hydrogens (tertiary/aromatic N) is 3. The Balaban J connectivity index is 1.67. The zero-order chi connectivity index (χ0) is 30.1. The van der Waals surface area contributed by atoms with Crippen molar-refractivity contribution < 1.29 is 28.3 Å². The zero-order valence-electron chi connectivity index (χ0n) is 24.7. The molecule has 224 valence electrons. The van der Waals surface area contributed by atoms with E-state index in [-0.39, 0.29) is 12.3 Å². The van der Waals surface area contributed by atoms with Crippen LogP contribution in [0.2, 0.25) is 5.02 Å². The second-order valence-corrected chi connectivity index (χ2v) is 11.4. The van der Waals surface area contributed by atoms with Gasteiger partial charge in [-0.15, -0.1) is 0 Å². The molecule has 1 heterocycles. The third kappa shape index (κ3) is 15.7. The number of ether oxygens (including phenoxy) is 4. The molecule has 2 N–H and O–H groups in total. The fourth-order valence-electron chi connectivity index (χ4n) is 3.44. The van der Waals surface area contributed by atoms with Crippen LogP contribution in [0.4, 0.5) is 10.5 Å². The Kier molecular flexibility index (Phi) is 14.2. The SMILES string of the molecule is CC(C)(C)OCCC(C)(C)OC(=O)OC[n+]1ccc(NC(=NCCCCCCOc2ccc(Cl)cc2)NC#N)cc1. The van der Waals surface area contributed by atoms with Crippen LogP contribution in [0.15, 0.2) is 53.8 Å². The van der Waals surface area contributed by atoms with Gasteiger partial charge in [0, 0.05) is 30.1 Å². The number of carbonyl (C=O) groups is 1. The summed E-state index contributed by atoms with van der Waals surface area (Å²) in [6.45, 7) is 11.3. The van der Waals surface area contributed by atoms with E-state index < -0.39 is 11.8 Å². The standard InChI is InChI=1S/C30H42ClN5O5/c1-29(2,3)40-21-16-30(4,5)41-28(37)39-23-36-18-14-25(15-19-36)35-27(34-22-32)33-17-8-6-7-9-20-38-26-12-10-24(31)11-13-26/h10-15,18-19H,6-9,16-17,20-21,23H2,1-5H3,(H,33,34)/p+1. The van der Waals surface area contributed by atoms with Gasteiger partial charge in [-0.2, -0.15) is 9.83 Å². The predicted octanol–water partition coefficient (Wildman–Crippen LogP) is 6.20. The van der Waals surface area contributed by atoms with Crippen LogP contribution < -0.4 is 19.9 Å². The van der Waals surface area contributed by atoms with Crippen molar-refractivity contribution in [3.63, 3.8) is 0 Å². The maximum Gasteiger partial charge on any atom is 0.513 e. The summed E-state index contributed by atoms with van der Waals surface area (Å²) in [5.41, 5.74) is -0.234. The number of unbranched alkanes of at least 4 members (excludes halogenated alkanes) is 3. The topological polar surface area (TPSA) is 118 Å². The summed E-state index contributed by atoms with van der Waals surface area (Å²) < 4.78 is 23.8. The summed E-state index contributed by atoms with van der Waals surface area (Å²) >= 11 is 5.88. The molecular weight excluding hydrogens is 546 g/mol. The van der Waals surface area contributed by atoms with Gasteiger partial charge in [-0.1, -0.05) is 18.0 Å². The minimum atomic E-state index is -0.748. The number of guanidine groups is 1. The Morgan fingerprint density at radius 3 is 2.34 bits per heavy atom. The molecular formula is C30H43ClN5O5+. The van der Waals surface area contributed by atoms with E-state index in [0.29, 0.717) is 37.2 Å². The number of halogens is 1. The van der Waals surface area contributed by atoms with E-state index >= 15 is 0 Å². The molecule has 0 bridgehead atoms. The van der Waals surface area contributed by atoms with Crippen molar-refractivity contribution in [3.8, 4) is 11.9 Å². The number of pyridine rings is 1. The van der Waals surface area contributed by atoms with E-state index in [9.17, 15) is 4.79 Å². The lowest BCUT2D eigenvalue weighted by Crippen LogP contribution is -2.38. The van der Waals surface area contributed by atoms with Gasteiger partial charge in [-0.25, -0.2) is 4.79 Å². The third-order valence-corrected chi connectivity index (χ3v) is 5.92. The highest BCUT2D eigenvalue weighted by atomic mass is 35.5. The average molecular weight is 589 g/mol. The molecule has 10 nitrogen and oxygen atoms in total. The first-order valence-electron chi connectivity index (χ1n) is 13.8. The first kappa shape index (κ1) is 33.7. The molecule has 41 heavy (non-hydrogen) atoms. The molecule has 0 atom stereocenters. The van der Waals surface area contributed by atoms with Crippen molar-refractivity contribution in [2.75, 3.05) is 25.1 Å².